The van der Waals surface area contributed by atoms with Gasteiger partial charge in [0.25, 0.3) is 0 Å². The standard InChI is InChI=1S/C10H15N3O3/c1-6-12-8(16-13-6)5-11-10(2,9(14)15)7-3-4-7/h7,11H,3-5H2,1-2H3,(H,14,15). The molecule has 0 aromatic carbocycles. The smallest absolute Gasteiger partial charge is 0.323 e. The van der Waals surface area contributed by atoms with Crippen LogP contribution in [-0.2, 0) is 11.3 Å². The van der Waals surface area contributed by atoms with Crippen molar-refractivity contribution in [3.05, 3.63) is 11.7 Å². The monoisotopic (exact) mass is 225 g/mol. The second kappa shape index (κ2) is 3.86. The van der Waals surface area contributed by atoms with E-state index < -0.39 is 11.5 Å². The van der Waals surface area contributed by atoms with Gasteiger partial charge in [-0.3, -0.25) is 10.1 Å². The summed E-state index contributed by atoms with van der Waals surface area (Å²) in [4.78, 5) is 15.2. The van der Waals surface area contributed by atoms with Crippen LogP contribution in [0.25, 0.3) is 0 Å². The molecular weight excluding hydrogens is 210 g/mol. The minimum Gasteiger partial charge on any atom is -0.480 e. The highest BCUT2D eigenvalue weighted by Crippen LogP contribution is 2.39. The number of hydrogen-bond acceptors (Lipinski definition) is 5. The van der Waals surface area contributed by atoms with Crippen molar-refractivity contribution in [1.82, 2.24) is 15.5 Å². The lowest BCUT2D eigenvalue weighted by Crippen LogP contribution is -2.51. The van der Waals surface area contributed by atoms with Crippen molar-refractivity contribution in [2.75, 3.05) is 0 Å². The van der Waals surface area contributed by atoms with E-state index in [9.17, 15) is 9.90 Å². The first-order valence-electron chi connectivity index (χ1n) is 5.30. The first-order valence-corrected chi connectivity index (χ1v) is 5.30. The number of rotatable bonds is 5. The first kappa shape index (κ1) is 11.1. The van der Waals surface area contributed by atoms with Crippen LogP contribution in [0.1, 0.15) is 31.5 Å². The number of aryl methyl sites for hydroxylation is 1. The molecule has 1 aliphatic rings. The fraction of sp³-hybridized carbons (Fsp3) is 0.700. The van der Waals surface area contributed by atoms with Gasteiger partial charge in [0.1, 0.15) is 5.54 Å². The Morgan fingerprint density at radius 3 is 2.81 bits per heavy atom. The van der Waals surface area contributed by atoms with Crippen LogP contribution in [0.4, 0.5) is 0 Å². The van der Waals surface area contributed by atoms with E-state index in [0.29, 0.717) is 18.3 Å². The molecule has 1 aliphatic carbocycles. The van der Waals surface area contributed by atoms with Crippen molar-refractivity contribution in [3.8, 4) is 0 Å². The fourth-order valence-corrected chi connectivity index (χ4v) is 1.73. The zero-order valence-electron chi connectivity index (χ0n) is 9.36. The summed E-state index contributed by atoms with van der Waals surface area (Å²) in [7, 11) is 0. The maximum atomic E-state index is 11.2. The van der Waals surface area contributed by atoms with E-state index in [-0.39, 0.29) is 5.92 Å². The fourth-order valence-electron chi connectivity index (χ4n) is 1.73. The number of carboxylic acids is 1. The Morgan fingerprint density at radius 1 is 1.69 bits per heavy atom. The number of aliphatic carboxylic acids is 1. The average molecular weight is 225 g/mol. The maximum Gasteiger partial charge on any atom is 0.323 e. The number of aromatic nitrogens is 2. The zero-order valence-corrected chi connectivity index (χ0v) is 9.36. The van der Waals surface area contributed by atoms with E-state index in [0.717, 1.165) is 12.8 Å². The average Bonchev–Trinajstić information content (AvgIpc) is 2.99. The zero-order chi connectivity index (χ0) is 11.8. The molecule has 2 rings (SSSR count). The van der Waals surface area contributed by atoms with Crippen LogP contribution in [0.15, 0.2) is 4.52 Å². The van der Waals surface area contributed by atoms with Gasteiger partial charge in [0, 0.05) is 0 Å². The molecule has 0 aliphatic heterocycles. The quantitative estimate of drug-likeness (QED) is 0.767. The largest absolute Gasteiger partial charge is 0.480 e. The van der Waals surface area contributed by atoms with Crippen LogP contribution in [0.5, 0.6) is 0 Å². The SMILES string of the molecule is Cc1noc(CNC(C)(C(=O)O)C2CC2)n1. The van der Waals surface area contributed by atoms with Gasteiger partial charge in [-0.05, 0) is 32.6 Å². The number of carbonyl (C=O) groups is 1. The molecule has 2 N–H and O–H groups in total. The molecule has 6 heteroatoms. The van der Waals surface area contributed by atoms with Gasteiger partial charge >= 0.3 is 5.97 Å². The van der Waals surface area contributed by atoms with E-state index in [1.54, 1.807) is 13.8 Å². The molecule has 0 bridgehead atoms. The third-order valence-corrected chi connectivity index (χ3v) is 3.01. The van der Waals surface area contributed by atoms with Gasteiger partial charge in [-0.25, -0.2) is 0 Å². The van der Waals surface area contributed by atoms with Gasteiger partial charge in [-0.2, -0.15) is 4.98 Å². The molecule has 0 radical (unpaired) electrons. The lowest BCUT2D eigenvalue weighted by Gasteiger charge is -2.25. The molecule has 1 fully saturated rings. The van der Waals surface area contributed by atoms with Crippen LogP contribution in [-0.4, -0.2) is 26.8 Å². The summed E-state index contributed by atoms with van der Waals surface area (Å²) in [6, 6.07) is 0. The molecule has 1 aromatic heterocycles. The molecule has 6 nitrogen and oxygen atoms in total. The summed E-state index contributed by atoms with van der Waals surface area (Å²) in [6.45, 7) is 3.72. The molecule has 1 aromatic rings. The third kappa shape index (κ3) is 2.06. The van der Waals surface area contributed by atoms with Crippen molar-refractivity contribution >= 4 is 5.97 Å². The van der Waals surface area contributed by atoms with Crippen LogP contribution >= 0.6 is 0 Å². The molecule has 0 spiro atoms. The van der Waals surface area contributed by atoms with Crippen molar-refractivity contribution < 1.29 is 14.4 Å². The number of hydrogen-bond donors (Lipinski definition) is 2. The summed E-state index contributed by atoms with van der Waals surface area (Å²) in [5.74, 6) is 0.353. The predicted octanol–water partition coefficient (Wildman–Crippen LogP) is 0.721. The van der Waals surface area contributed by atoms with Gasteiger partial charge in [0.05, 0.1) is 6.54 Å². The van der Waals surface area contributed by atoms with Gasteiger partial charge in [0.15, 0.2) is 5.82 Å². The molecule has 1 unspecified atom stereocenters. The molecule has 0 amide bonds. The molecule has 1 atom stereocenters. The second-order valence-corrected chi connectivity index (χ2v) is 4.37. The Balaban J connectivity index is 1.99. The highest BCUT2D eigenvalue weighted by Gasteiger charge is 2.47. The number of nitrogens with zero attached hydrogens (tertiary/aromatic N) is 2. The Kier molecular flexibility index (Phi) is 2.67. The highest BCUT2D eigenvalue weighted by atomic mass is 16.5. The Labute approximate surface area is 93.0 Å². The minimum atomic E-state index is -0.887. The minimum absolute atomic E-state index is 0.203. The molecular formula is C10H15N3O3. The molecule has 16 heavy (non-hydrogen) atoms. The second-order valence-electron chi connectivity index (χ2n) is 4.37. The van der Waals surface area contributed by atoms with Gasteiger partial charge in [0.2, 0.25) is 5.89 Å². The van der Waals surface area contributed by atoms with Crippen LogP contribution in [0.2, 0.25) is 0 Å². The van der Waals surface area contributed by atoms with Crippen molar-refractivity contribution in [3.63, 3.8) is 0 Å². The first-order chi connectivity index (χ1) is 7.52. The van der Waals surface area contributed by atoms with E-state index >= 15 is 0 Å². The van der Waals surface area contributed by atoms with Gasteiger partial charge in [-0.15, -0.1) is 0 Å². The molecule has 1 saturated carbocycles. The lowest BCUT2D eigenvalue weighted by atomic mass is 9.96. The van der Waals surface area contributed by atoms with Crippen LogP contribution in [0, 0.1) is 12.8 Å². The van der Waals surface area contributed by atoms with E-state index in [1.807, 2.05) is 0 Å². The normalized spacial score (nSPS) is 19.4. The maximum absolute atomic E-state index is 11.2. The Morgan fingerprint density at radius 2 is 2.38 bits per heavy atom. The predicted molar refractivity (Wildman–Crippen MR) is 54.6 cm³/mol. The summed E-state index contributed by atoms with van der Waals surface area (Å²) < 4.78 is 4.92. The van der Waals surface area contributed by atoms with E-state index in [1.165, 1.54) is 0 Å². The summed E-state index contributed by atoms with van der Waals surface area (Å²) in [5, 5.41) is 15.8. The topological polar surface area (TPSA) is 88.2 Å². The third-order valence-electron chi connectivity index (χ3n) is 3.01. The summed E-state index contributed by atoms with van der Waals surface area (Å²) in [5.41, 5.74) is -0.887. The van der Waals surface area contributed by atoms with E-state index in [2.05, 4.69) is 15.5 Å². The summed E-state index contributed by atoms with van der Waals surface area (Å²) in [6.07, 6.45) is 1.91. The highest BCUT2D eigenvalue weighted by molar-refractivity contribution is 5.79. The number of nitrogens with one attached hydrogen (secondary N) is 1. The van der Waals surface area contributed by atoms with Crippen molar-refractivity contribution in [1.29, 1.82) is 0 Å². The van der Waals surface area contributed by atoms with Crippen molar-refractivity contribution in [2.24, 2.45) is 5.92 Å². The Hall–Kier alpha value is -1.43. The molecule has 0 saturated heterocycles. The molecule has 1 heterocycles. The van der Waals surface area contributed by atoms with Crippen LogP contribution < -0.4 is 5.32 Å². The van der Waals surface area contributed by atoms with E-state index in [4.69, 9.17) is 4.52 Å². The lowest BCUT2D eigenvalue weighted by molar-refractivity contribution is -0.145. The summed E-state index contributed by atoms with van der Waals surface area (Å²) >= 11 is 0. The van der Waals surface area contributed by atoms with Gasteiger partial charge < -0.3 is 9.63 Å². The van der Waals surface area contributed by atoms with Gasteiger partial charge in [-0.1, -0.05) is 5.16 Å². The molecule has 88 valence electrons. The van der Waals surface area contributed by atoms with Crippen molar-refractivity contribution in [2.45, 2.75) is 38.8 Å². The number of carboxylic acid groups (broad SMARTS) is 1. The van der Waals surface area contributed by atoms with Crippen LogP contribution in [0.3, 0.4) is 0 Å². The Bertz CT molecular complexity index is 400.